The van der Waals surface area contributed by atoms with Crippen LogP contribution < -0.4 is 10.6 Å². The minimum atomic E-state index is -0.00202. The zero-order valence-corrected chi connectivity index (χ0v) is 13.6. The lowest BCUT2D eigenvalue weighted by Gasteiger charge is -2.39. The molecule has 6 nitrogen and oxygen atoms in total. The number of anilines is 1. The Bertz CT molecular complexity index is 429. The number of nitrogens with one attached hydrogen (secondary N) is 2. The van der Waals surface area contributed by atoms with Gasteiger partial charge in [0.2, 0.25) is 5.89 Å². The van der Waals surface area contributed by atoms with Gasteiger partial charge in [-0.3, -0.25) is 0 Å². The lowest BCUT2D eigenvalue weighted by Crippen LogP contribution is -2.43. The molecule has 0 aliphatic carbocycles. The van der Waals surface area contributed by atoms with Gasteiger partial charge >= 0.3 is 6.01 Å². The largest absolute Gasteiger partial charge is 0.407 e. The van der Waals surface area contributed by atoms with E-state index in [4.69, 9.17) is 9.15 Å². The van der Waals surface area contributed by atoms with E-state index in [0.717, 1.165) is 32.3 Å². The molecule has 1 unspecified atom stereocenters. The first-order valence-corrected chi connectivity index (χ1v) is 8.03. The van der Waals surface area contributed by atoms with Crippen molar-refractivity contribution in [2.45, 2.75) is 77.6 Å². The fraction of sp³-hybridized carbons (Fsp3) is 0.867. The lowest BCUT2D eigenvalue weighted by molar-refractivity contribution is -0.0866. The Morgan fingerprint density at radius 2 is 2.05 bits per heavy atom. The molecule has 6 heteroatoms. The third-order valence-corrected chi connectivity index (χ3v) is 4.24. The van der Waals surface area contributed by atoms with E-state index < -0.39 is 0 Å². The molecule has 0 spiro atoms. The molecule has 0 aromatic carbocycles. The number of hydrogen-bond donors (Lipinski definition) is 2. The lowest BCUT2D eigenvalue weighted by atomic mass is 9.86. The second kappa shape index (κ2) is 7.22. The highest BCUT2D eigenvalue weighted by atomic mass is 16.5. The van der Waals surface area contributed by atoms with Crippen molar-refractivity contribution in [3.05, 3.63) is 5.89 Å². The second-order valence-electron chi connectivity index (χ2n) is 6.11. The van der Waals surface area contributed by atoms with Crippen molar-refractivity contribution in [3.8, 4) is 0 Å². The summed E-state index contributed by atoms with van der Waals surface area (Å²) in [5.41, 5.74) is -0.00202. The van der Waals surface area contributed by atoms with Crippen LogP contribution in [0.5, 0.6) is 0 Å². The number of ether oxygens (including phenoxy) is 1. The standard InChI is InChI=1S/C15H28N4O2/c1-5-15(6-2)9-12(7-8-20-15)17-14-19-18-13(21-14)10-16-11(3)4/h11-12,16H,5-10H2,1-4H3,(H,17,19). The molecule has 1 saturated heterocycles. The number of rotatable bonds is 7. The minimum absolute atomic E-state index is 0.00202. The van der Waals surface area contributed by atoms with Crippen LogP contribution in [0.4, 0.5) is 6.01 Å². The SMILES string of the molecule is CCC1(CC)CC(Nc2nnc(CNC(C)C)o2)CCO1. The fourth-order valence-electron chi connectivity index (χ4n) is 2.74. The van der Waals surface area contributed by atoms with Crippen molar-refractivity contribution in [2.24, 2.45) is 0 Å². The molecule has 1 aliphatic rings. The molecule has 1 aromatic rings. The quantitative estimate of drug-likeness (QED) is 0.806. The Labute approximate surface area is 127 Å². The number of hydrogen-bond acceptors (Lipinski definition) is 6. The van der Waals surface area contributed by atoms with E-state index in [1.165, 1.54) is 0 Å². The maximum atomic E-state index is 5.99. The van der Waals surface area contributed by atoms with Gasteiger partial charge in [0.05, 0.1) is 12.1 Å². The Kier molecular flexibility index (Phi) is 5.58. The first kappa shape index (κ1) is 16.2. The second-order valence-corrected chi connectivity index (χ2v) is 6.11. The van der Waals surface area contributed by atoms with E-state index in [1.54, 1.807) is 0 Å². The van der Waals surface area contributed by atoms with E-state index in [2.05, 4.69) is 48.5 Å². The summed E-state index contributed by atoms with van der Waals surface area (Å²) in [5, 5.41) is 14.8. The highest BCUT2D eigenvalue weighted by Gasteiger charge is 2.34. The minimum Gasteiger partial charge on any atom is -0.407 e. The molecule has 2 N–H and O–H groups in total. The van der Waals surface area contributed by atoms with Crippen molar-refractivity contribution in [1.29, 1.82) is 0 Å². The van der Waals surface area contributed by atoms with Crippen LogP contribution in [0.2, 0.25) is 0 Å². The van der Waals surface area contributed by atoms with E-state index in [1.807, 2.05) is 0 Å². The van der Waals surface area contributed by atoms with Crippen LogP contribution in [0, 0.1) is 0 Å². The van der Waals surface area contributed by atoms with Gasteiger partial charge in [-0.1, -0.05) is 32.8 Å². The van der Waals surface area contributed by atoms with Gasteiger partial charge in [0, 0.05) is 18.7 Å². The van der Waals surface area contributed by atoms with Gasteiger partial charge in [0.25, 0.3) is 0 Å². The molecule has 1 fully saturated rings. The average Bonchev–Trinajstić information content (AvgIpc) is 2.93. The van der Waals surface area contributed by atoms with Crippen LogP contribution >= 0.6 is 0 Å². The van der Waals surface area contributed by atoms with Gasteiger partial charge in [-0.15, -0.1) is 5.10 Å². The number of aromatic nitrogens is 2. The van der Waals surface area contributed by atoms with Crippen LogP contribution in [-0.4, -0.2) is 34.5 Å². The maximum absolute atomic E-state index is 5.99. The molecular weight excluding hydrogens is 268 g/mol. The van der Waals surface area contributed by atoms with Crippen molar-refractivity contribution in [1.82, 2.24) is 15.5 Å². The summed E-state index contributed by atoms with van der Waals surface area (Å²) in [6.07, 6.45) is 4.04. The van der Waals surface area contributed by atoms with E-state index >= 15 is 0 Å². The van der Waals surface area contributed by atoms with Crippen LogP contribution in [-0.2, 0) is 11.3 Å². The molecule has 1 aromatic heterocycles. The summed E-state index contributed by atoms with van der Waals surface area (Å²) < 4.78 is 11.6. The maximum Gasteiger partial charge on any atom is 0.315 e. The van der Waals surface area contributed by atoms with Crippen LogP contribution in [0.3, 0.4) is 0 Å². The highest BCUT2D eigenvalue weighted by Crippen LogP contribution is 2.32. The molecule has 0 saturated carbocycles. The van der Waals surface area contributed by atoms with Gasteiger partial charge in [-0.25, -0.2) is 0 Å². The Hall–Kier alpha value is -1.14. The molecule has 2 heterocycles. The first-order valence-electron chi connectivity index (χ1n) is 8.03. The monoisotopic (exact) mass is 296 g/mol. The zero-order chi connectivity index (χ0) is 15.3. The predicted molar refractivity (Wildman–Crippen MR) is 82.2 cm³/mol. The molecule has 2 rings (SSSR count). The zero-order valence-electron chi connectivity index (χ0n) is 13.6. The molecule has 0 radical (unpaired) electrons. The van der Waals surface area contributed by atoms with Crippen molar-refractivity contribution in [3.63, 3.8) is 0 Å². The highest BCUT2D eigenvalue weighted by molar-refractivity contribution is 5.20. The fourth-order valence-corrected chi connectivity index (χ4v) is 2.74. The van der Waals surface area contributed by atoms with Gasteiger partial charge in [0.15, 0.2) is 0 Å². The van der Waals surface area contributed by atoms with Crippen LogP contribution in [0.1, 0.15) is 59.3 Å². The Morgan fingerprint density at radius 1 is 1.29 bits per heavy atom. The molecule has 0 bridgehead atoms. The van der Waals surface area contributed by atoms with Crippen LogP contribution in [0.25, 0.3) is 0 Å². The van der Waals surface area contributed by atoms with E-state index in [0.29, 0.717) is 30.5 Å². The van der Waals surface area contributed by atoms with Crippen LogP contribution in [0.15, 0.2) is 4.42 Å². The topological polar surface area (TPSA) is 72.2 Å². The molecule has 0 amide bonds. The first-order chi connectivity index (χ1) is 10.1. The third kappa shape index (κ3) is 4.41. The Balaban J connectivity index is 1.89. The molecule has 21 heavy (non-hydrogen) atoms. The third-order valence-electron chi connectivity index (χ3n) is 4.24. The molecule has 1 atom stereocenters. The summed E-state index contributed by atoms with van der Waals surface area (Å²) in [4.78, 5) is 0. The Morgan fingerprint density at radius 3 is 2.71 bits per heavy atom. The van der Waals surface area contributed by atoms with Gasteiger partial charge in [-0.2, -0.15) is 0 Å². The normalized spacial score (nSPS) is 21.7. The summed E-state index contributed by atoms with van der Waals surface area (Å²) in [7, 11) is 0. The van der Waals surface area contributed by atoms with Gasteiger partial charge in [-0.05, 0) is 25.7 Å². The summed E-state index contributed by atoms with van der Waals surface area (Å²) >= 11 is 0. The summed E-state index contributed by atoms with van der Waals surface area (Å²) in [5.74, 6) is 0.621. The number of nitrogens with zero attached hydrogens (tertiary/aromatic N) is 2. The summed E-state index contributed by atoms with van der Waals surface area (Å²) in [6, 6.07) is 1.26. The summed E-state index contributed by atoms with van der Waals surface area (Å²) in [6.45, 7) is 9.95. The average molecular weight is 296 g/mol. The smallest absolute Gasteiger partial charge is 0.315 e. The van der Waals surface area contributed by atoms with Crippen molar-refractivity contribution in [2.75, 3.05) is 11.9 Å². The van der Waals surface area contributed by atoms with Gasteiger partial charge < -0.3 is 19.8 Å². The molecular formula is C15H28N4O2. The predicted octanol–water partition coefficient (Wildman–Crippen LogP) is 2.72. The molecule has 120 valence electrons. The van der Waals surface area contributed by atoms with Crippen molar-refractivity contribution >= 4 is 6.01 Å². The van der Waals surface area contributed by atoms with Crippen molar-refractivity contribution < 1.29 is 9.15 Å². The van der Waals surface area contributed by atoms with E-state index in [9.17, 15) is 0 Å². The van der Waals surface area contributed by atoms with Gasteiger partial charge in [0.1, 0.15) is 0 Å². The van der Waals surface area contributed by atoms with E-state index in [-0.39, 0.29) is 5.60 Å². The molecule has 1 aliphatic heterocycles.